The van der Waals surface area contributed by atoms with Crippen LogP contribution in [0.25, 0.3) is 16.6 Å². The third-order valence-corrected chi connectivity index (χ3v) is 5.42. The summed E-state index contributed by atoms with van der Waals surface area (Å²) < 4.78 is 7.70. The fourth-order valence-corrected chi connectivity index (χ4v) is 4.17. The molecule has 134 valence electrons. The van der Waals surface area contributed by atoms with Crippen molar-refractivity contribution in [2.24, 2.45) is 0 Å². The van der Waals surface area contributed by atoms with E-state index in [-0.39, 0.29) is 0 Å². The van der Waals surface area contributed by atoms with Crippen LogP contribution in [0.2, 0.25) is 0 Å². The number of para-hydroxylation sites is 2. The summed E-state index contributed by atoms with van der Waals surface area (Å²) in [6.07, 6.45) is 0. The molecular weight excluding hydrogens is 332 g/mol. The van der Waals surface area contributed by atoms with Gasteiger partial charge in [0.25, 0.3) is 0 Å². The molecule has 1 aliphatic rings. The van der Waals surface area contributed by atoms with E-state index in [0.717, 1.165) is 25.4 Å². The lowest BCUT2D eigenvalue weighted by Crippen LogP contribution is -2.17. The average molecular weight is 354 g/mol. The van der Waals surface area contributed by atoms with Gasteiger partial charge in [-0.15, -0.1) is 0 Å². The van der Waals surface area contributed by atoms with Crippen molar-refractivity contribution >= 4 is 10.9 Å². The molecule has 3 heteroatoms. The summed E-state index contributed by atoms with van der Waals surface area (Å²) >= 11 is 0. The minimum absolute atomic E-state index is 0.907. The molecule has 0 aliphatic carbocycles. The summed E-state index contributed by atoms with van der Waals surface area (Å²) in [4.78, 5) is 2.51. The highest BCUT2D eigenvalue weighted by atomic mass is 16.5. The Morgan fingerprint density at radius 3 is 2.33 bits per heavy atom. The molecule has 0 saturated heterocycles. The molecule has 0 spiro atoms. The molecule has 2 heterocycles. The summed E-state index contributed by atoms with van der Waals surface area (Å²) in [5.74, 6) is 0.907. The van der Waals surface area contributed by atoms with Crippen molar-refractivity contribution < 1.29 is 4.74 Å². The van der Waals surface area contributed by atoms with Gasteiger partial charge in [0.15, 0.2) is 0 Å². The Balaban J connectivity index is 1.51. The number of nitrogens with zero attached hydrogens (tertiary/aromatic N) is 2. The lowest BCUT2D eigenvalue weighted by molar-refractivity contribution is 0.273. The molecule has 0 amide bonds. The monoisotopic (exact) mass is 354 g/mol. The van der Waals surface area contributed by atoms with E-state index in [1.807, 2.05) is 12.1 Å². The smallest absolute Gasteiger partial charge is 0.118 e. The Hall–Kier alpha value is -3.04. The van der Waals surface area contributed by atoms with E-state index >= 15 is 0 Å². The number of ether oxygens (including phenoxy) is 1. The second kappa shape index (κ2) is 6.60. The summed E-state index contributed by atoms with van der Waals surface area (Å²) in [7, 11) is 1.71. The maximum atomic E-state index is 5.27. The van der Waals surface area contributed by atoms with Gasteiger partial charge in [-0.2, -0.15) is 0 Å². The van der Waals surface area contributed by atoms with Crippen molar-refractivity contribution in [1.82, 2.24) is 9.47 Å². The number of benzene rings is 3. The van der Waals surface area contributed by atoms with Crippen LogP contribution in [0, 0.1) is 0 Å². The first-order valence-electron chi connectivity index (χ1n) is 9.35. The van der Waals surface area contributed by atoms with Gasteiger partial charge in [0, 0.05) is 36.4 Å². The van der Waals surface area contributed by atoms with E-state index in [2.05, 4.69) is 76.2 Å². The maximum absolute atomic E-state index is 5.27. The Kier molecular flexibility index (Phi) is 3.95. The zero-order chi connectivity index (χ0) is 18.2. The van der Waals surface area contributed by atoms with E-state index in [1.54, 1.807) is 7.11 Å². The molecule has 1 aromatic heterocycles. The first-order valence-corrected chi connectivity index (χ1v) is 9.35. The average Bonchev–Trinajstić information content (AvgIpc) is 3.25. The molecule has 0 radical (unpaired) electrons. The van der Waals surface area contributed by atoms with Crippen molar-refractivity contribution in [3.05, 3.63) is 95.7 Å². The predicted molar refractivity (Wildman–Crippen MR) is 109 cm³/mol. The molecule has 0 fully saturated rings. The molecule has 27 heavy (non-hydrogen) atoms. The van der Waals surface area contributed by atoms with Crippen LogP contribution in [0.4, 0.5) is 0 Å². The van der Waals surface area contributed by atoms with E-state index in [9.17, 15) is 0 Å². The molecule has 0 saturated carbocycles. The second-order valence-corrected chi connectivity index (χ2v) is 7.11. The Labute approximate surface area is 159 Å². The first kappa shape index (κ1) is 16.2. The highest BCUT2D eigenvalue weighted by molar-refractivity contribution is 5.87. The molecule has 3 nitrogen and oxygen atoms in total. The Morgan fingerprint density at radius 1 is 0.815 bits per heavy atom. The number of hydrogen-bond acceptors (Lipinski definition) is 2. The largest absolute Gasteiger partial charge is 0.497 e. The van der Waals surface area contributed by atoms with Crippen LogP contribution in [0.15, 0.2) is 78.9 Å². The number of hydrogen-bond donors (Lipinski definition) is 0. The van der Waals surface area contributed by atoms with Crippen LogP contribution in [-0.2, 0) is 19.6 Å². The molecule has 0 N–H and O–H groups in total. The quantitative estimate of drug-likeness (QED) is 0.504. The van der Waals surface area contributed by atoms with Crippen molar-refractivity contribution in [1.29, 1.82) is 0 Å². The Bertz CT molecular complexity index is 1080. The van der Waals surface area contributed by atoms with Gasteiger partial charge in [-0.3, -0.25) is 4.90 Å². The molecular formula is C24H22N2O. The van der Waals surface area contributed by atoms with E-state index < -0.39 is 0 Å². The predicted octanol–water partition coefficient (Wildman–Crippen LogP) is 5.15. The van der Waals surface area contributed by atoms with Crippen LogP contribution in [-0.4, -0.2) is 16.6 Å². The Morgan fingerprint density at radius 2 is 1.56 bits per heavy atom. The first-order chi connectivity index (χ1) is 13.3. The number of methoxy groups -OCH3 is 1. The van der Waals surface area contributed by atoms with Crippen molar-refractivity contribution in [3.8, 4) is 11.4 Å². The van der Waals surface area contributed by atoms with Gasteiger partial charge in [0.2, 0.25) is 0 Å². The molecule has 5 rings (SSSR count). The van der Waals surface area contributed by atoms with E-state index in [0.29, 0.717) is 0 Å². The number of fused-ring (bicyclic) bond motifs is 3. The molecule has 3 aromatic carbocycles. The van der Waals surface area contributed by atoms with Gasteiger partial charge in [0.05, 0.1) is 12.6 Å². The maximum Gasteiger partial charge on any atom is 0.118 e. The van der Waals surface area contributed by atoms with Crippen LogP contribution in [0.3, 0.4) is 0 Å². The van der Waals surface area contributed by atoms with E-state index in [1.165, 1.54) is 33.4 Å². The van der Waals surface area contributed by atoms with E-state index in [4.69, 9.17) is 4.74 Å². The molecule has 0 atom stereocenters. The number of rotatable bonds is 4. The van der Waals surface area contributed by atoms with Gasteiger partial charge in [-0.25, -0.2) is 0 Å². The van der Waals surface area contributed by atoms with Gasteiger partial charge < -0.3 is 9.30 Å². The summed E-state index contributed by atoms with van der Waals surface area (Å²) in [6, 6.07) is 27.8. The molecule has 0 bridgehead atoms. The fourth-order valence-electron chi connectivity index (χ4n) is 4.17. The number of aromatic nitrogens is 1. The lowest BCUT2D eigenvalue weighted by Gasteiger charge is -2.17. The van der Waals surface area contributed by atoms with Crippen molar-refractivity contribution in [2.45, 2.75) is 19.6 Å². The van der Waals surface area contributed by atoms with Gasteiger partial charge in [0.1, 0.15) is 5.75 Å². The minimum atomic E-state index is 0.907. The zero-order valence-electron chi connectivity index (χ0n) is 15.4. The fraction of sp³-hybridized carbons (Fsp3) is 0.167. The van der Waals surface area contributed by atoms with Gasteiger partial charge in [-0.1, -0.05) is 48.5 Å². The third kappa shape index (κ3) is 2.81. The molecule has 1 aliphatic heterocycles. The highest BCUT2D eigenvalue weighted by Gasteiger charge is 2.27. The standard InChI is InChI=1S/C24H22N2O/c1-27-20-13-11-18(12-14-20)15-25-16-22-21-9-5-6-10-23(21)26(24(22)17-25)19-7-3-2-4-8-19/h2-14H,15-17H2,1H3. The van der Waals surface area contributed by atoms with Crippen LogP contribution >= 0.6 is 0 Å². The second-order valence-electron chi connectivity index (χ2n) is 7.11. The molecule has 4 aromatic rings. The SMILES string of the molecule is COc1ccc(CN2Cc3c(n(-c4ccccc4)c4ccccc34)C2)cc1. The highest BCUT2D eigenvalue weighted by Crippen LogP contribution is 2.36. The van der Waals surface area contributed by atoms with Crippen molar-refractivity contribution in [3.63, 3.8) is 0 Å². The summed E-state index contributed by atoms with van der Waals surface area (Å²) in [6.45, 7) is 2.90. The lowest BCUT2D eigenvalue weighted by atomic mass is 10.1. The zero-order valence-corrected chi connectivity index (χ0v) is 15.4. The van der Waals surface area contributed by atoms with Crippen LogP contribution in [0.1, 0.15) is 16.8 Å². The summed E-state index contributed by atoms with van der Waals surface area (Å²) in [5, 5.41) is 1.37. The normalized spacial score (nSPS) is 13.8. The third-order valence-electron chi connectivity index (χ3n) is 5.42. The van der Waals surface area contributed by atoms with Crippen LogP contribution in [0.5, 0.6) is 5.75 Å². The molecule has 0 unspecified atom stereocenters. The summed E-state index contributed by atoms with van der Waals surface area (Å²) in [5.41, 5.74) is 6.73. The van der Waals surface area contributed by atoms with Gasteiger partial charge >= 0.3 is 0 Å². The van der Waals surface area contributed by atoms with Crippen molar-refractivity contribution in [2.75, 3.05) is 7.11 Å². The topological polar surface area (TPSA) is 17.4 Å². The minimum Gasteiger partial charge on any atom is -0.497 e. The van der Waals surface area contributed by atoms with Crippen LogP contribution < -0.4 is 4.74 Å². The van der Waals surface area contributed by atoms with Gasteiger partial charge in [-0.05, 0) is 41.5 Å².